The van der Waals surface area contributed by atoms with Crippen LogP contribution >= 0.6 is 11.6 Å². The molecule has 0 fully saturated rings. The number of hydrogen-bond acceptors (Lipinski definition) is 2. The van der Waals surface area contributed by atoms with E-state index in [1.807, 2.05) is 49.4 Å². The van der Waals surface area contributed by atoms with E-state index in [-0.39, 0.29) is 11.8 Å². The standard InChI is InChI=1S/C19H22ClNO2/c1-2-17(14-7-4-3-5-8-14)19(23)21-12-11-18(22)15-9-6-10-16(20)13-15/h3-10,13,17-18,22H,2,11-12H2,1H3,(H,21,23)/t17-,18+/m1/s1. The van der Waals surface area contributed by atoms with E-state index in [0.29, 0.717) is 18.0 Å². The average molecular weight is 332 g/mol. The van der Waals surface area contributed by atoms with Crippen molar-refractivity contribution in [2.45, 2.75) is 31.8 Å². The molecule has 0 saturated heterocycles. The Balaban J connectivity index is 1.86. The van der Waals surface area contributed by atoms with E-state index in [1.54, 1.807) is 12.1 Å². The van der Waals surface area contributed by atoms with Gasteiger partial charge in [-0.25, -0.2) is 0 Å². The molecular formula is C19H22ClNO2. The Morgan fingerprint density at radius 2 is 1.83 bits per heavy atom. The fraction of sp³-hybridized carbons (Fsp3) is 0.316. The van der Waals surface area contributed by atoms with Crippen LogP contribution in [0, 0.1) is 0 Å². The summed E-state index contributed by atoms with van der Waals surface area (Å²) < 4.78 is 0. The first-order chi connectivity index (χ1) is 11.1. The third kappa shape index (κ3) is 5.08. The van der Waals surface area contributed by atoms with Crippen molar-refractivity contribution in [1.82, 2.24) is 5.32 Å². The van der Waals surface area contributed by atoms with Gasteiger partial charge in [-0.3, -0.25) is 4.79 Å². The highest BCUT2D eigenvalue weighted by Gasteiger charge is 2.18. The van der Waals surface area contributed by atoms with Crippen molar-refractivity contribution < 1.29 is 9.90 Å². The molecule has 23 heavy (non-hydrogen) atoms. The lowest BCUT2D eigenvalue weighted by molar-refractivity contribution is -0.122. The van der Waals surface area contributed by atoms with Crippen molar-refractivity contribution >= 4 is 17.5 Å². The zero-order valence-corrected chi connectivity index (χ0v) is 14.0. The zero-order chi connectivity index (χ0) is 16.7. The second kappa shape index (κ2) is 8.70. The molecule has 0 saturated carbocycles. The summed E-state index contributed by atoms with van der Waals surface area (Å²) in [6.07, 6.45) is 0.565. The number of aliphatic hydroxyl groups is 1. The van der Waals surface area contributed by atoms with Gasteiger partial charge in [0.05, 0.1) is 12.0 Å². The molecule has 0 aromatic heterocycles. The van der Waals surface area contributed by atoms with Gasteiger partial charge in [-0.15, -0.1) is 0 Å². The largest absolute Gasteiger partial charge is 0.388 e. The normalized spacial score (nSPS) is 13.3. The molecule has 0 aliphatic carbocycles. The van der Waals surface area contributed by atoms with Crippen molar-refractivity contribution in [3.8, 4) is 0 Å². The maximum atomic E-state index is 12.3. The minimum atomic E-state index is -0.634. The smallest absolute Gasteiger partial charge is 0.227 e. The molecule has 0 unspecified atom stereocenters. The lowest BCUT2D eigenvalue weighted by Gasteiger charge is -2.17. The lowest BCUT2D eigenvalue weighted by atomic mass is 9.95. The third-order valence-electron chi connectivity index (χ3n) is 3.88. The zero-order valence-electron chi connectivity index (χ0n) is 13.2. The molecule has 2 N–H and O–H groups in total. The highest BCUT2D eigenvalue weighted by Crippen LogP contribution is 2.21. The van der Waals surface area contributed by atoms with E-state index in [2.05, 4.69) is 5.32 Å². The van der Waals surface area contributed by atoms with Gasteiger partial charge in [0, 0.05) is 11.6 Å². The quantitative estimate of drug-likeness (QED) is 0.803. The molecule has 4 heteroatoms. The number of carbonyl (C=O) groups is 1. The summed E-state index contributed by atoms with van der Waals surface area (Å²) in [4.78, 5) is 12.3. The SMILES string of the molecule is CC[C@@H](C(=O)NCC[C@H](O)c1cccc(Cl)c1)c1ccccc1. The average Bonchev–Trinajstić information content (AvgIpc) is 2.56. The molecule has 2 aromatic rings. The van der Waals surface area contributed by atoms with Gasteiger partial charge in [0.2, 0.25) is 5.91 Å². The molecule has 3 nitrogen and oxygen atoms in total. The van der Waals surface area contributed by atoms with Crippen LogP contribution in [0.4, 0.5) is 0 Å². The summed E-state index contributed by atoms with van der Waals surface area (Å²) in [5.74, 6) is -0.156. The van der Waals surface area contributed by atoms with Gasteiger partial charge in [0.1, 0.15) is 0 Å². The van der Waals surface area contributed by atoms with Crippen molar-refractivity contribution in [1.29, 1.82) is 0 Å². The van der Waals surface area contributed by atoms with E-state index in [4.69, 9.17) is 11.6 Å². The maximum absolute atomic E-state index is 12.3. The Bertz CT molecular complexity index is 630. The number of aliphatic hydroxyl groups excluding tert-OH is 1. The molecule has 122 valence electrons. The van der Waals surface area contributed by atoms with Crippen LogP contribution < -0.4 is 5.32 Å². The van der Waals surface area contributed by atoms with Crippen LogP contribution in [0.25, 0.3) is 0 Å². The number of nitrogens with one attached hydrogen (secondary N) is 1. The van der Waals surface area contributed by atoms with Gasteiger partial charge >= 0.3 is 0 Å². The highest BCUT2D eigenvalue weighted by atomic mass is 35.5. The van der Waals surface area contributed by atoms with E-state index < -0.39 is 6.10 Å². The highest BCUT2D eigenvalue weighted by molar-refractivity contribution is 6.30. The molecule has 0 bridgehead atoms. The second-order valence-corrected chi connectivity index (χ2v) is 5.96. The Morgan fingerprint density at radius 3 is 2.48 bits per heavy atom. The number of carbonyl (C=O) groups excluding carboxylic acids is 1. The number of benzene rings is 2. The topological polar surface area (TPSA) is 49.3 Å². The monoisotopic (exact) mass is 331 g/mol. The Hall–Kier alpha value is -1.84. The van der Waals surface area contributed by atoms with Crippen LogP contribution in [0.3, 0.4) is 0 Å². The van der Waals surface area contributed by atoms with Crippen molar-refractivity contribution in [3.63, 3.8) is 0 Å². The summed E-state index contributed by atoms with van der Waals surface area (Å²) in [5.41, 5.74) is 1.78. The number of rotatable bonds is 7. The molecule has 1 amide bonds. The van der Waals surface area contributed by atoms with Gasteiger partial charge in [0.25, 0.3) is 0 Å². The minimum absolute atomic E-state index is 0.00278. The Morgan fingerprint density at radius 1 is 1.13 bits per heavy atom. The van der Waals surface area contributed by atoms with E-state index in [1.165, 1.54) is 0 Å². The Labute approximate surface area is 142 Å². The van der Waals surface area contributed by atoms with Crippen LogP contribution in [0.5, 0.6) is 0 Å². The van der Waals surface area contributed by atoms with Crippen LogP contribution in [0.1, 0.15) is 42.9 Å². The van der Waals surface area contributed by atoms with Gasteiger partial charge in [-0.2, -0.15) is 0 Å². The molecular weight excluding hydrogens is 310 g/mol. The Kier molecular flexibility index (Phi) is 6.63. The summed E-state index contributed by atoms with van der Waals surface area (Å²) in [7, 11) is 0. The fourth-order valence-corrected chi connectivity index (χ4v) is 2.79. The summed E-state index contributed by atoms with van der Waals surface area (Å²) in [6.45, 7) is 2.42. The molecule has 0 aliphatic rings. The fourth-order valence-electron chi connectivity index (χ4n) is 2.59. The lowest BCUT2D eigenvalue weighted by Crippen LogP contribution is -2.30. The van der Waals surface area contributed by atoms with Gasteiger partial charge in [0.15, 0.2) is 0 Å². The first kappa shape index (κ1) is 17.5. The predicted molar refractivity (Wildman–Crippen MR) is 93.5 cm³/mol. The molecule has 0 radical (unpaired) electrons. The molecule has 0 aliphatic heterocycles. The van der Waals surface area contributed by atoms with Gasteiger partial charge in [-0.05, 0) is 36.1 Å². The minimum Gasteiger partial charge on any atom is -0.388 e. The molecule has 2 atom stereocenters. The summed E-state index contributed by atoms with van der Waals surface area (Å²) in [6, 6.07) is 16.9. The van der Waals surface area contributed by atoms with E-state index >= 15 is 0 Å². The summed E-state index contributed by atoms with van der Waals surface area (Å²) in [5, 5.41) is 13.7. The van der Waals surface area contributed by atoms with Crippen LogP contribution in [-0.4, -0.2) is 17.6 Å². The van der Waals surface area contributed by atoms with Gasteiger partial charge in [-0.1, -0.05) is 61.0 Å². The third-order valence-corrected chi connectivity index (χ3v) is 4.11. The van der Waals surface area contributed by atoms with E-state index in [0.717, 1.165) is 17.5 Å². The first-order valence-corrected chi connectivity index (χ1v) is 8.25. The maximum Gasteiger partial charge on any atom is 0.227 e. The van der Waals surface area contributed by atoms with Crippen molar-refractivity contribution in [2.75, 3.05) is 6.54 Å². The molecule has 0 spiro atoms. The predicted octanol–water partition coefficient (Wildman–Crippen LogP) is 4.07. The van der Waals surface area contributed by atoms with E-state index in [9.17, 15) is 9.90 Å². The van der Waals surface area contributed by atoms with Crippen LogP contribution in [-0.2, 0) is 4.79 Å². The molecule has 2 rings (SSSR count). The molecule has 2 aromatic carbocycles. The number of halogens is 1. The second-order valence-electron chi connectivity index (χ2n) is 5.52. The van der Waals surface area contributed by atoms with Crippen molar-refractivity contribution in [2.24, 2.45) is 0 Å². The number of amides is 1. The van der Waals surface area contributed by atoms with Crippen LogP contribution in [0.15, 0.2) is 54.6 Å². The van der Waals surface area contributed by atoms with Crippen molar-refractivity contribution in [3.05, 3.63) is 70.7 Å². The number of hydrogen-bond donors (Lipinski definition) is 2. The molecule has 0 heterocycles. The summed E-state index contributed by atoms with van der Waals surface area (Å²) >= 11 is 5.92. The first-order valence-electron chi connectivity index (χ1n) is 7.88. The van der Waals surface area contributed by atoms with Gasteiger partial charge < -0.3 is 10.4 Å². The van der Waals surface area contributed by atoms with Crippen LogP contribution in [0.2, 0.25) is 5.02 Å².